The second kappa shape index (κ2) is 10.2. The van der Waals surface area contributed by atoms with Crippen LogP contribution in [0.3, 0.4) is 0 Å². The maximum atomic E-state index is 13.1. The lowest BCUT2D eigenvalue weighted by atomic mass is 10.1. The molecule has 0 aromatic heterocycles. The first-order valence-corrected chi connectivity index (χ1v) is 11.3. The zero-order valence-electron chi connectivity index (χ0n) is 17.3. The Balaban J connectivity index is 1.68. The zero-order chi connectivity index (χ0) is 21.5. The standard InChI is InChI=1S/C23H26N4O2S/c1-3-13-26(4-2)20-11-7-18(8-12-20)23(29)27-16-30-15-21(27)22(28)25-19-9-5-17(14-24)6-10-19/h5-12,21H,3-4,13,15-16H2,1-2H3,(H,25,28). The first kappa shape index (κ1) is 21.7. The van der Waals surface area contributed by atoms with Gasteiger partial charge in [0.05, 0.1) is 17.5 Å². The smallest absolute Gasteiger partial charge is 0.255 e. The average molecular weight is 423 g/mol. The molecule has 1 saturated heterocycles. The second-order valence-corrected chi connectivity index (χ2v) is 8.10. The van der Waals surface area contributed by atoms with Gasteiger partial charge in [0.1, 0.15) is 6.04 Å². The summed E-state index contributed by atoms with van der Waals surface area (Å²) in [7, 11) is 0. The van der Waals surface area contributed by atoms with Gasteiger partial charge in [-0.25, -0.2) is 0 Å². The highest BCUT2D eigenvalue weighted by atomic mass is 32.2. The fourth-order valence-electron chi connectivity index (χ4n) is 3.43. The van der Waals surface area contributed by atoms with Crippen LogP contribution in [0, 0.1) is 11.3 Å². The Labute approximate surface area is 181 Å². The van der Waals surface area contributed by atoms with E-state index in [0.29, 0.717) is 28.4 Å². The normalized spacial score (nSPS) is 15.5. The van der Waals surface area contributed by atoms with Crippen molar-refractivity contribution in [1.82, 2.24) is 4.90 Å². The molecule has 1 fully saturated rings. The summed E-state index contributed by atoms with van der Waals surface area (Å²) in [5, 5.41) is 11.7. The molecular formula is C23H26N4O2S. The predicted octanol–water partition coefficient (Wildman–Crippen LogP) is 3.95. The fourth-order valence-corrected chi connectivity index (χ4v) is 4.59. The number of anilines is 2. The van der Waals surface area contributed by atoms with Gasteiger partial charge in [-0.15, -0.1) is 11.8 Å². The van der Waals surface area contributed by atoms with Crippen molar-refractivity contribution in [3.05, 3.63) is 59.7 Å². The van der Waals surface area contributed by atoms with Crippen molar-refractivity contribution in [2.45, 2.75) is 26.3 Å². The molecule has 1 unspecified atom stereocenters. The zero-order valence-corrected chi connectivity index (χ0v) is 18.1. The van der Waals surface area contributed by atoms with Crippen molar-refractivity contribution in [3.63, 3.8) is 0 Å². The van der Waals surface area contributed by atoms with Crippen LogP contribution < -0.4 is 10.2 Å². The Morgan fingerprint density at radius 1 is 1.17 bits per heavy atom. The molecule has 156 valence electrons. The van der Waals surface area contributed by atoms with E-state index in [-0.39, 0.29) is 11.8 Å². The number of amides is 2. The number of carbonyl (C=O) groups excluding carboxylic acids is 2. The van der Waals surface area contributed by atoms with E-state index in [1.165, 1.54) is 0 Å². The molecule has 0 saturated carbocycles. The van der Waals surface area contributed by atoms with Crippen LogP contribution in [0.4, 0.5) is 11.4 Å². The molecule has 0 bridgehead atoms. The molecule has 7 heteroatoms. The summed E-state index contributed by atoms with van der Waals surface area (Å²) >= 11 is 1.57. The van der Waals surface area contributed by atoms with Crippen molar-refractivity contribution in [3.8, 4) is 6.07 Å². The van der Waals surface area contributed by atoms with Crippen LogP contribution in [0.25, 0.3) is 0 Å². The summed E-state index contributed by atoms with van der Waals surface area (Å²) in [5.41, 5.74) is 2.83. The summed E-state index contributed by atoms with van der Waals surface area (Å²) in [4.78, 5) is 29.7. The molecule has 30 heavy (non-hydrogen) atoms. The SMILES string of the molecule is CCCN(CC)c1ccc(C(=O)N2CSCC2C(=O)Nc2ccc(C#N)cc2)cc1. The van der Waals surface area contributed by atoms with Gasteiger partial charge in [-0.3, -0.25) is 9.59 Å². The van der Waals surface area contributed by atoms with Gasteiger partial charge in [-0.1, -0.05) is 6.92 Å². The Morgan fingerprint density at radius 2 is 1.87 bits per heavy atom. The number of carbonyl (C=O) groups is 2. The van der Waals surface area contributed by atoms with Gasteiger partial charge >= 0.3 is 0 Å². The molecule has 2 aromatic rings. The third kappa shape index (κ3) is 4.95. The molecule has 2 aromatic carbocycles. The van der Waals surface area contributed by atoms with Gasteiger partial charge in [0, 0.05) is 35.8 Å². The third-order valence-corrected chi connectivity index (χ3v) is 6.09. The van der Waals surface area contributed by atoms with E-state index >= 15 is 0 Å². The molecule has 0 radical (unpaired) electrons. The predicted molar refractivity (Wildman–Crippen MR) is 122 cm³/mol. The molecule has 6 nitrogen and oxygen atoms in total. The molecule has 1 heterocycles. The lowest BCUT2D eigenvalue weighted by Gasteiger charge is -2.25. The van der Waals surface area contributed by atoms with Crippen LogP contribution in [0.2, 0.25) is 0 Å². The number of thioether (sulfide) groups is 1. The number of rotatable bonds is 7. The molecule has 1 aliphatic heterocycles. The molecule has 1 aliphatic rings. The lowest BCUT2D eigenvalue weighted by Crippen LogP contribution is -2.44. The summed E-state index contributed by atoms with van der Waals surface area (Å²) in [6.45, 7) is 6.16. The van der Waals surface area contributed by atoms with E-state index in [4.69, 9.17) is 5.26 Å². The molecule has 0 aliphatic carbocycles. The minimum atomic E-state index is -0.523. The van der Waals surface area contributed by atoms with E-state index in [0.717, 1.165) is 25.2 Å². The molecule has 2 amide bonds. The highest BCUT2D eigenvalue weighted by Gasteiger charge is 2.35. The highest BCUT2D eigenvalue weighted by Crippen LogP contribution is 2.25. The number of benzene rings is 2. The van der Waals surface area contributed by atoms with Gasteiger partial charge in [0.25, 0.3) is 5.91 Å². The van der Waals surface area contributed by atoms with Gasteiger partial charge in [0.2, 0.25) is 5.91 Å². The number of nitriles is 1. The number of hydrogen-bond acceptors (Lipinski definition) is 5. The van der Waals surface area contributed by atoms with Crippen molar-refractivity contribution in [2.75, 3.05) is 34.9 Å². The number of hydrogen-bond donors (Lipinski definition) is 1. The van der Waals surface area contributed by atoms with E-state index in [1.54, 1.807) is 40.9 Å². The minimum absolute atomic E-state index is 0.134. The van der Waals surface area contributed by atoms with E-state index in [1.807, 2.05) is 24.3 Å². The summed E-state index contributed by atoms with van der Waals surface area (Å²) in [5.74, 6) is 0.703. The summed E-state index contributed by atoms with van der Waals surface area (Å²) < 4.78 is 0. The third-order valence-electron chi connectivity index (χ3n) is 5.08. The summed E-state index contributed by atoms with van der Waals surface area (Å²) in [6, 6.07) is 15.9. The molecule has 0 spiro atoms. The van der Waals surface area contributed by atoms with Crippen LogP contribution in [0.1, 0.15) is 36.2 Å². The maximum Gasteiger partial charge on any atom is 0.255 e. The van der Waals surface area contributed by atoms with Crippen LogP contribution in [-0.2, 0) is 4.79 Å². The first-order valence-electron chi connectivity index (χ1n) is 10.1. The number of nitrogens with one attached hydrogen (secondary N) is 1. The molecular weight excluding hydrogens is 396 g/mol. The van der Waals surface area contributed by atoms with E-state index < -0.39 is 6.04 Å². The van der Waals surface area contributed by atoms with Crippen molar-refractivity contribution < 1.29 is 9.59 Å². The van der Waals surface area contributed by atoms with Crippen LogP contribution in [-0.4, -0.2) is 47.5 Å². The van der Waals surface area contributed by atoms with Crippen molar-refractivity contribution >= 4 is 35.0 Å². The van der Waals surface area contributed by atoms with Gasteiger partial charge in [-0.2, -0.15) is 5.26 Å². The van der Waals surface area contributed by atoms with E-state index in [9.17, 15) is 9.59 Å². The van der Waals surface area contributed by atoms with Crippen LogP contribution in [0.5, 0.6) is 0 Å². The number of nitrogens with zero attached hydrogens (tertiary/aromatic N) is 3. The molecule has 1 N–H and O–H groups in total. The molecule has 3 rings (SSSR count). The quantitative estimate of drug-likeness (QED) is 0.731. The van der Waals surface area contributed by atoms with Crippen molar-refractivity contribution in [1.29, 1.82) is 5.26 Å². The summed E-state index contributed by atoms with van der Waals surface area (Å²) in [6.07, 6.45) is 1.07. The maximum absolute atomic E-state index is 13.1. The molecule has 1 atom stereocenters. The van der Waals surface area contributed by atoms with Gasteiger partial charge in [-0.05, 0) is 61.9 Å². The topological polar surface area (TPSA) is 76.4 Å². The van der Waals surface area contributed by atoms with E-state index in [2.05, 4.69) is 30.1 Å². The largest absolute Gasteiger partial charge is 0.372 e. The average Bonchev–Trinajstić information content (AvgIpc) is 3.28. The monoisotopic (exact) mass is 422 g/mol. The highest BCUT2D eigenvalue weighted by molar-refractivity contribution is 7.99. The first-order chi connectivity index (χ1) is 14.6. The lowest BCUT2D eigenvalue weighted by molar-refractivity contribution is -0.119. The Morgan fingerprint density at radius 3 is 2.47 bits per heavy atom. The van der Waals surface area contributed by atoms with Crippen LogP contribution >= 0.6 is 11.8 Å². The Hall–Kier alpha value is -2.98. The Bertz CT molecular complexity index is 922. The van der Waals surface area contributed by atoms with Gasteiger partial charge < -0.3 is 15.1 Å². The van der Waals surface area contributed by atoms with Crippen molar-refractivity contribution in [2.24, 2.45) is 0 Å². The minimum Gasteiger partial charge on any atom is -0.372 e. The fraction of sp³-hybridized carbons (Fsp3) is 0.348. The van der Waals surface area contributed by atoms with Crippen LogP contribution in [0.15, 0.2) is 48.5 Å². The second-order valence-electron chi connectivity index (χ2n) is 7.10. The van der Waals surface area contributed by atoms with Gasteiger partial charge in [0.15, 0.2) is 0 Å². The Kier molecular flexibility index (Phi) is 7.36.